The van der Waals surface area contributed by atoms with Gasteiger partial charge in [-0.15, -0.1) is 11.3 Å². The minimum Gasteiger partial charge on any atom is -0.496 e. The molecular weight excluding hydrogens is 392 g/mol. The zero-order chi connectivity index (χ0) is 17.6. The molecule has 0 aliphatic heterocycles. The summed E-state index contributed by atoms with van der Waals surface area (Å²) in [5.41, 5.74) is -0.520. The summed E-state index contributed by atoms with van der Waals surface area (Å²) in [7, 11) is 1.61. The second kappa shape index (κ2) is 6.15. The molecule has 1 saturated carbocycles. The van der Waals surface area contributed by atoms with Gasteiger partial charge in [-0.1, -0.05) is 0 Å². The molecule has 6 heteroatoms. The van der Waals surface area contributed by atoms with E-state index in [0.29, 0.717) is 11.3 Å². The minimum absolute atomic E-state index is 0.0298. The van der Waals surface area contributed by atoms with Crippen LogP contribution in [0.5, 0.6) is 5.75 Å². The molecule has 2 unspecified atom stereocenters. The number of Topliss-reactive ketones (excluding diaryl/α,β-unsaturated/α-hetero) is 1. The van der Waals surface area contributed by atoms with Crippen molar-refractivity contribution in [1.82, 2.24) is 0 Å². The molecule has 1 aromatic carbocycles. The average Bonchev–Trinajstić information content (AvgIpc) is 3.18. The SMILES string of the molecule is COc1cc2sc(C(=O)C3CC3C(=O)OC(C)(C)C)cc2cc1Br. The molecular formula is C18H19BrO4S. The molecule has 4 nitrogen and oxygen atoms in total. The van der Waals surface area contributed by atoms with Crippen LogP contribution in [0.4, 0.5) is 0 Å². The summed E-state index contributed by atoms with van der Waals surface area (Å²) in [4.78, 5) is 25.4. The molecule has 1 heterocycles. The van der Waals surface area contributed by atoms with Gasteiger partial charge in [0, 0.05) is 10.6 Å². The topological polar surface area (TPSA) is 52.6 Å². The second-order valence-corrected chi connectivity index (χ2v) is 8.92. The first-order valence-corrected chi connectivity index (χ1v) is 9.34. The fraction of sp³-hybridized carbons (Fsp3) is 0.444. The molecule has 1 aromatic heterocycles. The Balaban J connectivity index is 1.77. The zero-order valence-corrected chi connectivity index (χ0v) is 16.4. The van der Waals surface area contributed by atoms with Crippen LogP contribution in [0.15, 0.2) is 22.7 Å². The van der Waals surface area contributed by atoms with Crippen LogP contribution >= 0.6 is 27.3 Å². The summed E-state index contributed by atoms with van der Waals surface area (Å²) in [5.74, 6) is -0.0589. The van der Waals surface area contributed by atoms with Crippen molar-refractivity contribution in [1.29, 1.82) is 0 Å². The van der Waals surface area contributed by atoms with Gasteiger partial charge in [0.05, 0.1) is 22.4 Å². The lowest BCUT2D eigenvalue weighted by Gasteiger charge is -2.19. The van der Waals surface area contributed by atoms with Crippen LogP contribution in [-0.4, -0.2) is 24.5 Å². The van der Waals surface area contributed by atoms with Crippen LogP contribution in [0.3, 0.4) is 0 Å². The molecule has 0 amide bonds. The third-order valence-electron chi connectivity index (χ3n) is 3.87. The number of methoxy groups -OCH3 is 1. The standard InChI is InChI=1S/C18H19BrO4S/c1-18(2,3)23-17(21)11-7-10(11)16(20)15-6-9-5-12(19)13(22-4)8-14(9)24-15/h5-6,8,10-11H,7H2,1-4H3. The molecule has 1 aliphatic carbocycles. The van der Waals surface area contributed by atoms with E-state index in [4.69, 9.17) is 9.47 Å². The Labute approximate surface area is 153 Å². The highest BCUT2D eigenvalue weighted by Gasteiger charge is 2.50. The van der Waals surface area contributed by atoms with E-state index in [2.05, 4.69) is 15.9 Å². The van der Waals surface area contributed by atoms with E-state index in [9.17, 15) is 9.59 Å². The van der Waals surface area contributed by atoms with Crippen LogP contribution < -0.4 is 4.74 Å². The number of carbonyl (C=O) groups excluding carboxylic acids is 2. The van der Waals surface area contributed by atoms with Gasteiger partial charge in [-0.25, -0.2) is 0 Å². The Morgan fingerprint density at radius 3 is 2.54 bits per heavy atom. The Kier molecular flexibility index (Phi) is 4.47. The third-order valence-corrected chi connectivity index (χ3v) is 5.60. The molecule has 1 fully saturated rings. The van der Waals surface area contributed by atoms with Crippen molar-refractivity contribution in [3.05, 3.63) is 27.5 Å². The van der Waals surface area contributed by atoms with Gasteiger partial charge < -0.3 is 9.47 Å². The highest BCUT2D eigenvalue weighted by Crippen LogP contribution is 2.44. The lowest BCUT2D eigenvalue weighted by Crippen LogP contribution is -2.25. The lowest BCUT2D eigenvalue weighted by molar-refractivity contribution is -0.156. The smallest absolute Gasteiger partial charge is 0.310 e. The molecule has 2 aromatic rings. The molecule has 0 radical (unpaired) electrons. The van der Waals surface area contributed by atoms with Gasteiger partial charge in [-0.2, -0.15) is 0 Å². The van der Waals surface area contributed by atoms with Crippen molar-refractivity contribution in [3.8, 4) is 5.75 Å². The number of ether oxygens (including phenoxy) is 2. The van der Waals surface area contributed by atoms with Crippen molar-refractivity contribution in [2.24, 2.45) is 11.8 Å². The van der Waals surface area contributed by atoms with E-state index in [1.807, 2.05) is 39.0 Å². The van der Waals surface area contributed by atoms with Crippen LogP contribution in [0.1, 0.15) is 36.9 Å². The first-order valence-electron chi connectivity index (χ1n) is 7.74. The molecule has 0 bridgehead atoms. The highest BCUT2D eigenvalue weighted by molar-refractivity contribution is 9.10. The summed E-state index contributed by atoms with van der Waals surface area (Å²) in [6, 6.07) is 5.75. The van der Waals surface area contributed by atoms with Gasteiger partial charge in [0.1, 0.15) is 11.4 Å². The van der Waals surface area contributed by atoms with Crippen molar-refractivity contribution in [2.45, 2.75) is 32.8 Å². The first-order chi connectivity index (χ1) is 11.2. The van der Waals surface area contributed by atoms with E-state index in [1.165, 1.54) is 11.3 Å². The molecule has 24 heavy (non-hydrogen) atoms. The van der Waals surface area contributed by atoms with Gasteiger partial charge in [-0.05, 0) is 66.7 Å². The van der Waals surface area contributed by atoms with E-state index >= 15 is 0 Å². The van der Waals surface area contributed by atoms with Gasteiger partial charge in [-0.3, -0.25) is 9.59 Å². The number of esters is 1. The summed E-state index contributed by atoms with van der Waals surface area (Å²) < 4.78 is 12.5. The quantitative estimate of drug-likeness (QED) is 0.534. The third kappa shape index (κ3) is 3.49. The van der Waals surface area contributed by atoms with Crippen LogP contribution in [0.25, 0.3) is 10.1 Å². The predicted molar refractivity (Wildman–Crippen MR) is 97.8 cm³/mol. The van der Waals surface area contributed by atoms with Crippen molar-refractivity contribution in [2.75, 3.05) is 7.11 Å². The minimum atomic E-state index is -0.520. The second-order valence-electron chi connectivity index (χ2n) is 6.98. The fourth-order valence-corrected chi connectivity index (χ4v) is 4.22. The van der Waals surface area contributed by atoms with E-state index in [-0.39, 0.29) is 23.6 Å². The largest absolute Gasteiger partial charge is 0.496 e. The van der Waals surface area contributed by atoms with E-state index < -0.39 is 5.60 Å². The van der Waals surface area contributed by atoms with Crippen molar-refractivity contribution in [3.63, 3.8) is 0 Å². The molecule has 0 N–H and O–H groups in total. The Hall–Kier alpha value is -1.40. The van der Waals surface area contributed by atoms with Gasteiger partial charge >= 0.3 is 5.97 Å². The number of hydrogen-bond donors (Lipinski definition) is 0. The number of benzene rings is 1. The number of thiophene rings is 1. The van der Waals surface area contributed by atoms with Gasteiger partial charge in [0.25, 0.3) is 0 Å². The monoisotopic (exact) mass is 410 g/mol. The fourth-order valence-electron chi connectivity index (χ4n) is 2.62. The molecule has 128 valence electrons. The summed E-state index contributed by atoms with van der Waals surface area (Å²) in [6.45, 7) is 5.50. The number of ketones is 1. The Morgan fingerprint density at radius 1 is 1.21 bits per heavy atom. The molecule has 2 atom stereocenters. The van der Waals surface area contributed by atoms with E-state index in [1.54, 1.807) is 7.11 Å². The summed E-state index contributed by atoms with van der Waals surface area (Å²) in [5, 5.41) is 0.991. The molecule has 3 rings (SSSR count). The van der Waals surface area contributed by atoms with E-state index in [0.717, 1.165) is 20.3 Å². The van der Waals surface area contributed by atoms with Crippen LogP contribution in [-0.2, 0) is 9.53 Å². The Morgan fingerprint density at radius 2 is 1.92 bits per heavy atom. The number of halogens is 1. The first kappa shape index (κ1) is 17.4. The average molecular weight is 411 g/mol. The van der Waals surface area contributed by atoms with Crippen molar-refractivity contribution < 1.29 is 19.1 Å². The number of rotatable bonds is 4. The normalized spacial score (nSPS) is 20.0. The predicted octanol–water partition coefficient (Wildman–Crippen LogP) is 4.83. The van der Waals surface area contributed by atoms with Crippen LogP contribution in [0, 0.1) is 11.8 Å². The lowest BCUT2D eigenvalue weighted by atomic mass is 10.1. The maximum atomic E-state index is 12.7. The number of carbonyl (C=O) groups is 2. The molecule has 0 spiro atoms. The summed E-state index contributed by atoms with van der Waals surface area (Å²) >= 11 is 4.89. The maximum Gasteiger partial charge on any atom is 0.310 e. The zero-order valence-electron chi connectivity index (χ0n) is 14.0. The molecule has 1 aliphatic rings. The highest BCUT2D eigenvalue weighted by atomic mass is 79.9. The van der Waals surface area contributed by atoms with Crippen LogP contribution in [0.2, 0.25) is 0 Å². The van der Waals surface area contributed by atoms with Gasteiger partial charge in [0.15, 0.2) is 5.78 Å². The Bertz CT molecular complexity index is 818. The maximum absolute atomic E-state index is 12.7. The van der Waals surface area contributed by atoms with Gasteiger partial charge in [0.2, 0.25) is 0 Å². The molecule has 0 saturated heterocycles. The van der Waals surface area contributed by atoms with Crippen molar-refractivity contribution >= 4 is 49.1 Å². The summed E-state index contributed by atoms with van der Waals surface area (Å²) in [6.07, 6.45) is 0.578. The number of fused-ring (bicyclic) bond motifs is 1. The number of hydrogen-bond acceptors (Lipinski definition) is 5.